The molecule has 1 aromatic heterocycles. The zero-order chi connectivity index (χ0) is 17.5. The van der Waals surface area contributed by atoms with Gasteiger partial charge in [-0.3, -0.25) is 0 Å². The Morgan fingerprint density at radius 2 is 2.00 bits per heavy atom. The van der Waals surface area contributed by atoms with Crippen LogP contribution < -0.4 is 10.6 Å². The highest BCUT2D eigenvalue weighted by atomic mass is 16.5. The number of urea groups is 1. The van der Waals surface area contributed by atoms with Gasteiger partial charge in [0.05, 0.1) is 23.9 Å². The van der Waals surface area contributed by atoms with Crippen molar-refractivity contribution in [3.63, 3.8) is 0 Å². The van der Waals surface area contributed by atoms with Gasteiger partial charge in [0.25, 0.3) is 0 Å². The molecule has 0 aliphatic carbocycles. The van der Waals surface area contributed by atoms with Gasteiger partial charge in [-0.05, 0) is 25.5 Å². The van der Waals surface area contributed by atoms with Gasteiger partial charge in [-0.2, -0.15) is 0 Å². The summed E-state index contributed by atoms with van der Waals surface area (Å²) in [5.41, 5.74) is 0.615. The van der Waals surface area contributed by atoms with Crippen LogP contribution >= 0.6 is 0 Å². The molecule has 2 N–H and O–H groups in total. The first-order valence-electron chi connectivity index (χ1n) is 7.62. The molecule has 24 heavy (non-hydrogen) atoms. The molecule has 0 unspecified atom stereocenters. The second kappa shape index (κ2) is 8.09. The Morgan fingerprint density at radius 1 is 1.21 bits per heavy atom. The van der Waals surface area contributed by atoms with E-state index >= 15 is 0 Å². The second-order valence-electron chi connectivity index (χ2n) is 4.96. The number of pyridine rings is 1. The average molecular weight is 333 g/mol. The van der Waals surface area contributed by atoms with Crippen LogP contribution in [-0.2, 0) is 14.3 Å². The maximum absolute atomic E-state index is 12.2. The molecule has 2 rings (SSSR count). The van der Waals surface area contributed by atoms with Crippen molar-refractivity contribution in [2.45, 2.75) is 26.3 Å². The first-order chi connectivity index (χ1) is 11.6. The maximum Gasteiger partial charge on any atom is 0.357 e. The summed E-state index contributed by atoms with van der Waals surface area (Å²) in [6.07, 6.45) is 1.97. The van der Waals surface area contributed by atoms with Crippen molar-refractivity contribution < 1.29 is 23.9 Å². The first kappa shape index (κ1) is 17.5. The van der Waals surface area contributed by atoms with Crippen LogP contribution in [0.25, 0.3) is 0 Å². The number of aromatic nitrogens is 1. The lowest BCUT2D eigenvalue weighted by Crippen LogP contribution is -2.51. The van der Waals surface area contributed by atoms with Crippen molar-refractivity contribution in [1.29, 1.82) is 0 Å². The summed E-state index contributed by atoms with van der Waals surface area (Å²) in [6.45, 7) is 3.46. The molecule has 128 valence electrons. The fraction of sp³-hybridized carbons (Fsp3) is 0.375. The molecule has 0 aromatic carbocycles. The smallest absolute Gasteiger partial charge is 0.357 e. The lowest BCUT2D eigenvalue weighted by Gasteiger charge is -2.28. The van der Waals surface area contributed by atoms with Crippen molar-refractivity contribution >= 4 is 18.0 Å². The number of hydrogen-bond donors (Lipinski definition) is 2. The Labute approximate surface area is 139 Å². The van der Waals surface area contributed by atoms with Crippen LogP contribution in [0.1, 0.15) is 30.8 Å². The van der Waals surface area contributed by atoms with E-state index in [0.29, 0.717) is 6.42 Å². The highest BCUT2D eigenvalue weighted by molar-refractivity contribution is 5.95. The molecule has 2 amide bonds. The molecular weight excluding hydrogens is 314 g/mol. The van der Waals surface area contributed by atoms with Gasteiger partial charge in [-0.15, -0.1) is 0 Å². The van der Waals surface area contributed by atoms with E-state index in [2.05, 4.69) is 15.6 Å². The zero-order valence-corrected chi connectivity index (χ0v) is 13.5. The molecule has 0 radical (unpaired) electrons. The lowest BCUT2D eigenvalue weighted by atomic mass is 10.0. The third kappa shape index (κ3) is 4.09. The topological polar surface area (TPSA) is 107 Å². The summed E-state index contributed by atoms with van der Waals surface area (Å²) >= 11 is 0. The zero-order valence-electron chi connectivity index (χ0n) is 13.5. The van der Waals surface area contributed by atoms with E-state index < -0.39 is 24.0 Å². The highest BCUT2D eigenvalue weighted by Gasteiger charge is 2.32. The van der Waals surface area contributed by atoms with Crippen LogP contribution in [0.4, 0.5) is 4.79 Å². The minimum absolute atomic E-state index is 0.142. The first-order valence-corrected chi connectivity index (χ1v) is 7.62. The molecular formula is C16H19N3O5. The number of rotatable bonds is 6. The molecule has 1 atom stereocenters. The summed E-state index contributed by atoms with van der Waals surface area (Å²) in [5, 5.41) is 5.15. The van der Waals surface area contributed by atoms with Crippen LogP contribution in [0.15, 0.2) is 35.7 Å². The van der Waals surface area contributed by atoms with E-state index in [4.69, 9.17) is 9.47 Å². The number of hydrogen-bond acceptors (Lipinski definition) is 6. The Kier molecular flexibility index (Phi) is 5.89. The van der Waals surface area contributed by atoms with Crippen LogP contribution in [0, 0.1) is 0 Å². The third-order valence-electron chi connectivity index (χ3n) is 3.37. The van der Waals surface area contributed by atoms with Gasteiger partial charge in [-0.1, -0.05) is 13.0 Å². The molecule has 1 aromatic rings. The van der Waals surface area contributed by atoms with Crippen LogP contribution in [0.3, 0.4) is 0 Å². The van der Waals surface area contributed by atoms with E-state index in [0.717, 1.165) is 0 Å². The molecule has 0 saturated carbocycles. The van der Waals surface area contributed by atoms with E-state index in [9.17, 15) is 14.4 Å². The number of carbonyl (C=O) groups excluding carboxylic acids is 3. The largest absolute Gasteiger partial charge is 0.463 e. The lowest BCUT2D eigenvalue weighted by molar-refractivity contribution is -0.139. The molecule has 0 bridgehead atoms. The van der Waals surface area contributed by atoms with Crippen molar-refractivity contribution in [2.75, 3.05) is 13.2 Å². The number of nitrogens with one attached hydrogen (secondary N) is 2. The Morgan fingerprint density at radius 3 is 2.62 bits per heavy atom. The van der Waals surface area contributed by atoms with E-state index in [1.807, 2.05) is 6.92 Å². The van der Waals surface area contributed by atoms with Gasteiger partial charge in [0, 0.05) is 6.20 Å². The summed E-state index contributed by atoms with van der Waals surface area (Å²) in [7, 11) is 0. The van der Waals surface area contributed by atoms with Gasteiger partial charge >= 0.3 is 18.0 Å². The number of nitrogens with zero attached hydrogens (tertiary/aromatic N) is 1. The van der Waals surface area contributed by atoms with Gasteiger partial charge in [0.2, 0.25) is 0 Å². The number of amides is 2. The standard InChI is InChI=1S/C16H19N3O5/c1-3-10-13(15(21)23-4-2)12(19-16(22)18-10)9-24-14(20)11-7-5-6-8-17-11/h5-8,10H,3-4,9H2,1-2H3,(H2,18,19,22)/t10-/m0/s1. The SMILES string of the molecule is CCOC(=O)C1=C(COC(=O)c2ccccn2)NC(=O)N[C@H]1CC. The predicted molar refractivity (Wildman–Crippen MR) is 83.9 cm³/mol. The van der Waals surface area contributed by atoms with Crippen LogP contribution in [0.5, 0.6) is 0 Å². The molecule has 1 aliphatic rings. The summed E-state index contributed by atoms with van der Waals surface area (Å²) in [4.78, 5) is 39.8. The van der Waals surface area contributed by atoms with Crippen LogP contribution in [-0.4, -0.2) is 42.2 Å². The predicted octanol–water partition coefficient (Wildman–Crippen LogP) is 1.15. The minimum Gasteiger partial charge on any atom is -0.463 e. The summed E-state index contributed by atoms with van der Waals surface area (Å²) in [5.74, 6) is -1.20. The third-order valence-corrected chi connectivity index (χ3v) is 3.37. The summed E-state index contributed by atoms with van der Waals surface area (Å²) in [6, 6.07) is 3.89. The van der Waals surface area contributed by atoms with Crippen molar-refractivity contribution in [1.82, 2.24) is 15.6 Å². The monoisotopic (exact) mass is 333 g/mol. The number of esters is 2. The van der Waals surface area contributed by atoms with Crippen molar-refractivity contribution in [2.24, 2.45) is 0 Å². The fourth-order valence-electron chi connectivity index (χ4n) is 2.27. The van der Waals surface area contributed by atoms with Crippen LogP contribution in [0.2, 0.25) is 0 Å². The van der Waals surface area contributed by atoms with Gasteiger partial charge in [-0.25, -0.2) is 19.4 Å². The Balaban J connectivity index is 2.19. The second-order valence-corrected chi connectivity index (χ2v) is 4.96. The summed E-state index contributed by atoms with van der Waals surface area (Å²) < 4.78 is 10.2. The highest BCUT2D eigenvalue weighted by Crippen LogP contribution is 2.17. The quantitative estimate of drug-likeness (QED) is 0.756. The molecule has 1 aliphatic heterocycles. The van der Waals surface area contributed by atoms with E-state index in [-0.39, 0.29) is 30.2 Å². The molecule has 0 fully saturated rings. The van der Waals surface area contributed by atoms with E-state index in [1.165, 1.54) is 12.3 Å². The normalized spacial score (nSPS) is 16.9. The maximum atomic E-state index is 12.2. The number of ether oxygens (including phenoxy) is 2. The molecule has 8 nitrogen and oxygen atoms in total. The molecule has 2 heterocycles. The Bertz CT molecular complexity index is 657. The number of carbonyl (C=O) groups is 3. The van der Waals surface area contributed by atoms with Gasteiger partial charge < -0.3 is 20.1 Å². The molecule has 0 spiro atoms. The average Bonchev–Trinajstić information content (AvgIpc) is 2.59. The van der Waals surface area contributed by atoms with Gasteiger partial charge in [0.15, 0.2) is 0 Å². The molecule has 8 heteroatoms. The van der Waals surface area contributed by atoms with Crippen molar-refractivity contribution in [3.05, 3.63) is 41.4 Å². The van der Waals surface area contributed by atoms with E-state index in [1.54, 1.807) is 19.1 Å². The fourth-order valence-corrected chi connectivity index (χ4v) is 2.27. The Hall–Kier alpha value is -2.90. The van der Waals surface area contributed by atoms with Gasteiger partial charge in [0.1, 0.15) is 12.3 Å². The van der Waals surface area contributed by atoms with Crippen molar-refractivity contribution in [3.8, 4) is 0 Å². The minimum atomic E-state index is -0.646. The molecule has 0 saturated heterocycles.